The van der Waals surface area contributed by atoms with Crippen molar-refractivity contribution >= 4 is 17.8 Å². The first-order chi connectivity index (χ1) is 12.1. The Bertz CT molecular complexity index is 715. The van der Waals surface area contributed by atoms with E-state index in [1.807, 2.05) is 62.4 Å². The van der Waals surface area contributed by atoms with Gasteiger partial charge in [-0.2, -0.15) is 5.10 Å². The predicted molar refractivity (Wildman–Crippen MR) is 99.4 cm³/mol. The quantitative estimate of drug-likeness (QED) is 0.572. The highest BCUT2D eigenvalue weighted by molar-refractivity contribution is 5.87. The van der Waals surface area contributed by atoms with E-state index in [-0.39, 0.29) is 18.6 Å². The van der Waals surface area contributed by atoms with Gasteiger partial charge >= 0.3 is 0 Å². The summed E-state index contributed by atoms with van der Waals surface area (Å²) in [6, 6.07) is 15.0. The number of hydrazone groups is 1. The molecule has 1 amide bonds. The van der Waals surface area contributed by atoms with Crippen molar-refractivity contribution in [1.82, 2.24) is 5.43 Å². The van der Waals surface area contributed by atoms with Gasteiger partial charge in [-0.1, -0.05) is 24.3 Å². The maximum atomic E-state index is 11.8. The fourth-order valence-corrected chi connectivity index (χ4v) is 2.11. The molecule has 0 radical (unpaired) electrons. The van der Waals surface area contributed by atoms with E-state index in [1.165, 1.54) is 0 Å². The number of anilines is 1. The van der Waals surface area contributed by atoms with Gasteiger partial charge in [0.15, 0.2) is 11.5 Å². The van der Waals surface area contributed by atoms with Crippen LogP contribution in [0.3, 0.4) is 0 Å². The minimum absolute atomic E-state index is 0.00638. The van der Waals surface area contributed by atoms with Crippen LogP contribution in [0.25, 0.3) is 0 Å². The number of hydrogen-bond donors (Lipinski definition) is 2. The smallest absolute Gasteiger partial charge is 0.259 e. The van der Waals surface area contributed by atoms with Crippen LogP contribution < -0.4 is 20.2 Å². The summed E-state index contributed by atoms with van der Waals surface area (Å²) in [6.07, 6.45) is 1.54. The minimum atomic E-state index is -0.241. The normalized spacial score (nSPS) is 10.7. The van der Waals surface area contributed by atoms with E-state index in [1.54, 1.807) is 13.3 Å². The lowest BCUT2D eigenvalue weighted by molar-refractivity contribution is -0.119. The molecule has 6 heteroatoms. The molecule has 0 aliphatic rings. The topological polar surface area (TPSA) is 72.0 Å². The number of carbonyl (C=O) groups excluding carboxylic acids is 1. The van der Waals surface area contributed by atoms with E-state index in [0.29, 0.717) is 11.5 Å². The highest BCUT2D eigenvalue weighted by Crippen LogP contribution is 2.30. The van der Waals surface area contributed by atoms with Crippen LogP contribution in [0.2, 0.25) is 0 Å². The Morgan fingerprint density at radius 1 is 1.16 bits per heavy atom. The Morgan fingerprint density at radius 2 is 1.92 bits per heavy atom. The van der Waals surface area contributed by atoms with Crippen LogP contribution in [0.4, 0.5) is 5.69 Å². The molecule has 0 aliphatic carbocycles. The SMILES string of the molecule is COc1cccc(/C=N\NC(=O)CNc2ccccc2)c1OC(C)C. The fraction of sp³-hybridized carbons (Fsp3) is 0.263. The third kappa shape index (κ3) is 5.84. The van der Waals surface area contributed by atoms with Crippen LogP contribution in [0.1, 0.15) is 19.4 Å². The third-order valence-corrected chi connectivity index (χ3v) is 3.20. The van der Waals surface area contributed by atoms with Crippen LogP contribution >= 0.6 is 0 Å². The van der Waals surface area contributed by atoms with Crippen LogP contribution in [0, 0.1) is 0 Å². The van der Waals surface area contributed by atoms with Gasteiger partial charge in [0, 0.05) is 11.3 Å². The van der Waals surface area contributed by atoms with E-state index < -0.39 is 0 Å². The van der Waals surface area contributed by atoms with Gasteiger partial charge in [-0.25, -0.2) is 5.43 Å². The first-order valence-electron chi connectivity index (χ1n) is 8.04. The molecule has 0 fully saturated rings. The van der Waals surface area contributed by atoms with Crippen molar-refractivity contribution in [1.29, 1.82) is 0 Å². The monoisotopic (exact) mass is 341 g/mol. The van der Waals surface area contributed by atoms with Crippen molar-refractivity contribution in [2.75, 3.05) is 19.0 Å². The first kappa shape index (κ1) is 18.3. The number of nitrogens with zero attached hydrogens (tertiary/aromatic N) is 1. The zero-order valence-electron chi connectivity index (χ0n) is 14.7. The molecule has 2 aromatic rings. The summed E-state index contributed by atoms with van der Waals surface area (Å²) < 4.78 is 11.1. The van der Waals surface area contributed by atoms with Gasteiger partial charge in [0.1, 0.15) is 0 Å². The second-order valence-corrected chi connectivity index (χ2v) is 5.56. The molecule has 0 bridgehead atoms. The zero-order chi connectivity index (χ0) is 18.1. The van der Waals surface area contributed by atoms with E-state index in [9.17, 15) is 4.79 Å². The van der Waals surface area contributed by atoms with Gasteiger partial charge in [0.2, 0.25) is 0 Å². The lowest BCUT2D eigenvalue weighted by Gasteiger charge is -2.15. The van der Waals surface area contributed by atoms with Crippen molar-refractivity contribution < 1.29 is 14.3 Å². The maximum absolute atomic E-state index is 11.8. The second-order valence-electron chi connectivity index (χ2n) is 5.56. The number of ether oxygens (including phenoxy) is 2. The summed E-state index contributed by atoms with van der Waals surface area (Å²) in [6.45, 7) is 4.00. The summed E-state index contributed by atoms with van der Waals surface area (Å²) in [5.41, 5.74) is 4.09. The van der Waals surface area contributed by atoms with E-state index in [4.69, 9.17) is 9.47 Å². The summed E-state index contributed by atoms with van der Waals surface area (Å²) in [5.74, 6) is 0.976. The first-order valence-corrected chi connectivity index (χ1v) is 8.04. The lowest BCUT2D eigenvalue weighted by atomic mass is 10.2. The molecule has 2 rings (SSSR count). The van der Waals surface area contributed by atoms with E-state index in [0.717, 1.165) is 11.3 Å². The van der Waals surface area contributed by atoms with Crippen molar-refractivity contribution in [2.24, 2.45) is 5.10 Å². The van der Waals surface area contributed by atoms with Gasteiger partial charge in [0.05, 0.1) is 26.0 Å². The molecule has 0 saturated carbocycles. The number of methoxy groups -OCH3 is 1. The highest BCUT2D eigenvalue weighted by atomic mass is 16.5. The molecule has 0 atom stereocenters. The van der Waals surface area contributed by atoms with Crippen LogP contribution in [-0.4, -0.2) is 31.9 Å². The number of hydrogen-bond acceptors (Lipinski definition) is 5. The molecular weight excluding hydrogens is 318 g/mol. The number of rotatable bonds is 8. The maximum Gasteiger partial charge on any atom is 0.259 e. The summed E-state index contributed by atoms with van der Waals surface area (Å²) in [4.78, 5) is 11.8. The molecule has 0 aromatic heterocycles. The molecule has 0 aliphatic heterocycles. The molecule has 25 heavy (non-hydrogen) atoms. The summed E-state index contributed by atoms with van der Waals surface area (Å²) in [5, 5.41) is 7.02. The molecule has 0 unspecified atom stereocenters. The highest BCUT2D eigenvalue weighted by Gasteiger charge is 2.10. The standard InChI is InChI=1S/C19H23N3O3/c1-14(2)25-19-15(8-7-11-17(19)24-3)12-21-22-18(23)13-20-16-9-5-4-6-10-16/h4-12,14,20H,13H2,1-3H3,(H,22,23)/b21-12-. The van der Waals surface area contributed by atoms with Crippen molar-refractivity contribution in [3.05, 3.63) is 54.1 Å². The third-order valence-electron chi connectivity index (χ3n) is 3.20. The molecule has 0 saturated heterocycles. The Balaban J connectivity index is 1.95. The van der Waals surface area contributed by atoms with Gasteiger partial charge in [0.25, 0.3) is 5.91 Å². The molecule has 0 spiro atoms. The Hall–Kier alpha value is -3.02. The van der Waals surface area contributed by atoms with Gasteiger partial charge in [-0.3, -0.25) is 4.79 Å². The molecular formula is C19H23N3O3. The average molecular weight is 341 g/mol. The van der Waals surface area contributed by atoms with Gasteiger partial charge in [-0.15, -0.1) is 0 Å². The van der Waals surface area contributed by atoms with Crippen LogP contribution in [0.15, 0.2) is 53.6 Å². The Kier molecular flexibility index (Phi) is 6.83. The Morgan fingerprint density at radius 3 is 2.60 bits per heavy atom. The number of amides is 1. The minimum Gasteiger partial charge on any atom is -0.493 e. The molecule has 2 aromatic carbocycles. The Labute approximate surface area is 147 Å². The number of nitrogens with one attached hydrogen (secondary N) is 2. The molecule has 132 valence electrons. The average Bonchev–Trinajstić information content (AvgIpc) is 2.61. The summed E-state index contributed by atoms with van der Waals surface area (Å²) >= 11 is 0. The predicted octanol–water partition coefficient (Wildman–Crippen LogP) is 3.04. The molecule has 0 heterocycles. The van der Waals surface area contributed by atoms with Gasteiger partial charge < -0.3 is 14.8 Å². The van der Waals surface area contributed by atoms with Crippen LogP contribution in [0.5, 0.6) is 11.5 Å². The molecule has 6 nitrogen and oxygen atoms in total. The number of benzene rings is 2. The van der Waals surface area contributed by atoms with Crippen LogP contribution in [-0.2, 0) is 4.79 Å². The zero-order valence-corrected chi connectivity index (χ0v) is 14.7. The second kappa shape index (κ2) is 9.32. The van der Waals surface area contributed by atoms with Crippen molar-refractivity contribution in [3.8, 4) is 11.5 Å². The number of carbonyl (C=O) groups is 1. The van der Waals surface area contributed by atoms with Gasteiger partial charge in [-0.05, 0) is 38.1 Å². The van der Waals surface area contributed by atoms with Crippen molar-refractivity contribution in [3.63, 3.8) is 0 Å². The van der Waals surface area contributed by atoms with E-state index in [2.05, 4.69) is 15.8 Å². The lowest BCUT2D eigenvalue weighted by Crippen LogP contribution is -2.25. The molecule has 2 N–H and O–H groups in total. The van der Waals surface area contributed by atoms with Crippen molar-refractivity contribution in [2.45, 2.75) is 20.0 Å². The fourth-order valence-electron chi connectivity index (χ4n) is 2.11. The summed E-state index contributed by atoms with van der Waals surface area (Å²) in [7, 11) is 1.58. The van der Waals surface area contributed by atoms with E-state index >= 15 is 0 Å². The number of para-hydroxylation sites is 2. The largest absolute Gasteiger partial charge is 0.493 e.